The van der Waals surface area contributed by atoms with Crippen LogP contribution in [0.15, 0.2) is 0 Å². The average Bonchev–Trinajstić information content (AvgIpc) is 2.00. The summed E-state index contributed by atoms with van der Waals surface area (Å²) < 4.78 is 32.8. The van der Waals surface area contributed by atoms with Gasteiger partial charge in [0.25, 0.3) is 0 Å². The van der Waals surface area contributed by atoms with Gasteiger partial charge < -0.3 is 5.32 Å². The van der Waals surface area contributed by atoms with E-state index in [-0.39, 0.29) is 11.8 Å². The van der Waals surface area contributed by atoms with Crippen molar-refractivity contribution in [2.24, 2.45) is 0 Å². The fourth-order valence-corrected chi connectivity index (χ4v) is 2.74. The van der Waals surface area contributed by atoms with Crippen molar-refractivity contribution in [3.8, 4) is 0 Å². The summed E-state index contributed by atoms with van der Waals surface area (Å²) in [4.78, 5) is 0. The molecule has 0 bridgehead atoms. The van der Waals surface area contributed by atoms with E-state index in [1.807, 2.05) is 13.8 Å². The zero-order valence-corrected chi connectivity index (χ0v) is 10.6. The van der Waals surface area contributed by atoms with Gasteiger partial charge in [-0.2, -0.15) is 0 Å². The van der Waals surface area contributed by atoms with E-state index >= 15 is 0 Å². The van der Waals surface area contributed by atoms with Crippen LogP contribution >= 0.6 is 0 Å². The average molecular weight is 241 g/mol. The molecule has 2 atom stereocenters. The van der Waals surface area contributed by atoms with E-state index in [9.17, 15) is 12.6 Å². The van der Waals surface area contributed by atoms with Gasteiger partial charge in [-0.1, -0.05) is 6.92 Å². The van der Waals surface area contributed by atoms with Crippen molar-refractivity contribution in [1.82, 2.24) is 5.32 Å². The van der Waals surface area contributed by atoms with Crippen molar-refractivity contribution < 1.29 is 12.6 Å². The first-order chi connectivity index (χ1) is 6.35. The lowest BCUT2D eigenvalue weighted by Crippen LogP contribution is -2.35. The van der Waals surface area contributed by atoms with E-state index in [0.717, 1.165) is 0 Å². The van der Waals surface area contributed by atoms with Crippen LogP contribution in [0.1, 0.15) is 13.8 Å². The second-order valence-electron chi connectivity index (χ2n) is 3.38. The van der Waals surface area contributed by atoms with Gasteiger partial charge in [-0.05, 0) is 6.92 Å². The van der Waals surface area contributed by atoms with Crippen LogP contribution in [0.25, 0.3) is 0 Å². The molecule has 0 saturated carbocycles. The van der Waals surface area contributed by atoms with Gasteiger partial charge in [-0.25, -0.2) is 8.42 Å². The number of sulfone groups is 1. The molecule has 0 aromatic carbocycles. The number of rotatable bonds is 7. The third-order valence-corrected chi connectivity index (χ3v) is 4.11. The monoisotopic (exact) mass is 241 g/mol. The van der Waals surface area contributed by atoms with Crippen LogP contribution in [-0.4, -0.2) is 48.7 Å². The van der Waals surface area contributed by atoms with Crippen LogP contribution in [0.4, 0.5) is 0 Å². The minimum absolute atomic E-state index is 0.0705. The molecule has 0 aromatic heterocycles. The number of hydrogen-bond acceptors (Lipinski definition) is 4. The van der Waals surface area contributed by atoms with Crippen LogP contribution in [0.3, 0.4) is 0 Å². The molecule has 0 aromatic rings. The summed E-state index contributed by atoms with van der Waals surface area (Å²) in [7, 11) is -3.70. The highest BCUT2D eigenvalue weighted by atomic mass is 32.2. The first-order valence-electron chi connectivity index (χ1n) is 4.61. The van der Waals surface area contributed by atoms with Gasteiger partial charge in [0.15, 0.2) is 0 Å². The third kappa shape index (κ3) is 8.65. The predicted molar refractivity (Wildman–Crippen MR) is 60.7 cm³/mol. The Hall–Kier alpha value is 0.0600. The minimum atomic E-state index is -2.92. The van der Waals surface area contributed by atoms with Crippen molar-refractivity contribution in [3.63, 3.8) is 0 Å². The molecule has 0 aliphatic carbocycles. The molecule has 14 heavy (non-hydrogen) atoms. The minimum Gasteiger partial charge on any atom is -0.312 e. The molecule has 0 fully saturated rings. The zero-order chi connectivity index (χ0) is 11.2. The summed E-state index contributed by atoms with van der Waals surface area (Å²) in [6.07, 6.45) is 1.22. The lowest BCUT2D eigenvalue weighted by Gasteiger charge is -2.11. The van der Waals surface area contributed by atoms with Crippen molar-refractivity contribution >= 4 is 20.6 Å². The highest BCUT2D eigenvalue weighted by molar-refractivity contribution is 7.90. The van der Waals surface area contributed by atoms with Crippen molar-refractivity contribution in [2.75, 3.05) is 30.1 Å². The van der Waals surface area contributed by atoms with Crippen molar-refractivity contribution in [3.05, 3.63) is 0 Å². The third-order valence-electron chi connectivity index (χ3n) is 1.70. The van der Waals surface area contributed by atoms with E-state index in [2.05, 4.69) is 5.32 Å². The molecular weight excluding hydrogens is 222 g/mol. The van der Waals surface area contributed by atoms with Gasteiger partial charge in [-0.3, -0.25) is 4.21 Å². The lowest BCUT2D eigenvalue weighted by molar-refractivity contribution is 0.571. The number of hydrogen-bond donors (Lipinski definition) is 1. The highest BCUT2D eigenvalue weighted by Gasteiger charge is 2.09. The van der Waals surface area contributed by atoms with Crippen LogP contribution in [-0.2, 0) is 20.6 Å². The normalized spacial score (nSPS) is 16.5. The lowest BCUT2D eigenvalue weighted by atomic mass is 10.4. The van der Waals surface area contributed by atoms with Crippen LogP contribution in [0.5, 0.6) is 0 Å². The zero-order valence-electron chi connectivity index (χ0n) is 8.95. The highest BCUT2D eigenvalue weighted by Crippen LogP contribution is 1.90. The maximum atomic E-state index is 11.0. The van der Waals surface area contributed by atoms with Crippen molar-refractivity contribution in [2.45, 2.75) is 19.9 Å². The second-order valence-corrected chi connectivity index (χ2v) is 7.43. The number of nitrogens with one attached hydrogen (secondary N) is 1. The largest absolute Gasteiger partial charge is 0.312 e. The molecule has 0 radical (unpaired) electrons. The van der Waals surface area contributed by atoms with E-state index in [0.29, 0.717) is 18.1 Å². The maximum absolute atomic E-state index is 11.0. The van der Waals surface area contributed by atoms with Gasteiger partial charge in [0.05, 0.1) is 5.75 Å². The van der Waals surface area contributed by atoms with Gasteiger partial charge in [0.1, 0.15) is 9.84 Å². The molecule has 86 valence electrons. The molecule has 1 N–H and O–H groups in total. The Morgan fingerprint density at radius 3 is 2.43 bits per heavy atom. The Labute approximate surface area is 88.8 Å². The van der Waals surface area contributed by atoms with Crippen LogP contribution in [0, 0.1) is 0 Å². The summed E-state index contributed by atoms with van der Waals surface area (Å²) in [6.45, 7) is 4.29. The van der Waals surface area contributed by atoms with E-state index in [1.165, 1.54) is 6.26 Å². The summed E-state index contributed by atoms with van der Waals surface area (Å²) in [5.41, 5.74) is 0. The topological polar surface area (TPSA) is 63.2 Å². The van der Waals surface area contributed by atoms with Crippen LogP contribution < -0.4 is 5.32 Å². The maximum Gasteiger partial charge on any atom is 0.148 e. The van der Waals surface area contributed by atoms with E-state index in [4.69, 9.17) is 0 Å². The molecule has 6 heteroatoms. The standard InChI is InChI=1S/C8H19NO3S2/c1-4-13(10)6-5-9-8(2)7-14(3,11)12/h8-9H,4-7H2,1-3H3. The Balaban J connectivity index is 3.65. The molecule has 0 aliphatic rings. The Morgan fingerprint density at radius 2 is 2.00 bits per heavy atom. The molecule has 0 amide bonds. The molecule has 0 rings (SSSR count). The first-order valence-corrected chi connectivity index (χ1v) is 8.16. The summed E-state index contributed by atoms with van der Waals surface area (Å²) in [5.74, 6) is 1.37. The van der Waals surface area contributed by atoms with Crippen LogP contribution in [0.2, 0.25) is 0 Å². The molecule has 0 spiro atoms. The fraction of sp³-hybridized carbons (Fsp3) is 1.00. The Morgan fingerprint density at radius 1 is 1.43 bits per heavy atom. The summed E-state index contributed by atoms with van der Waals surface area (Å²) >= 11 is 0. The summed E-state index contributed by atoms with van der Waals surface area (Å²) in [5, 5.41) is 3.03. The Bertz CT molecular complexity index is 274. The van der Waals surface area contributed by atoms with Gasteiger partial charge in [0, 0.05) is 41.1 Å². The van der Waals surface area contributed by atoms with E-state index < -0.39 is 20.6 Å². The molecule has 0 heterocycles. The molecular formula is C8H19NO3S2. The smallest absolute Gasteiger partial charge is 0.148 e. The predicted octanol–water partition coefficient (Wildman–Crippen LogP) is -0.222. The molecule has 2 unspecified atom stereocenters. The first kappa shape index (κ1) is 14.1. The Kier molecular flexibility index (Phi) is 6.55. The van der Waals surface area contributed by atoms with Gasteiger partial charge >= 0.3 is 0 Å². The fourth-order valence-electron chi connectivity index (χ4n) is 1.08. The van der Waals surface area contributed by atoms with E-state index in [1.54, 1.807) is 0 Å². The summed E-state index contributed by atoms with van der Waals surface area (Å²) in [6, 6.07) is -0.0705. The quantitative estimate of drug-likeness (QED) is 0.669. The van der Waals surface area contributed by atoms with Gasteiger partial charge in [0.2, 0.25) is 0 Å². The van der Waals surface area contributed by atoms with Crippen molar-refractivity contribution in [1.29, 1.82) is 0 Å². The SMILES string of the molecule is CCS(=O)CCNC(C)CS(C)(=O)=O. The molecule has 4 nitrogen and oxygen atoms in total. The molecule has 0 saturated heterocycles. The second kappa shape index (κ2) is 6.53. The van der Waals surface area contributed by atoms with Gasteiger partial charge in [-0.15, -0.1) is 0 Å². The molecule has 0 aliphatic heterocycles.